The monoisotopic (exact) mass is 281 g/mol. The molecule has 0 aromatic heterocycles. The number of phosphoric acid groups is 1. The van der Waals surface area contributed by atoms with Crippen molar-refractivity contribution in [1.29, 1.82) is 0 Å². The molecule has 0 aliphatic carbocycles. The summed E-state index contributed by atoms with van der Waals surface area (Å²) >= 11 is 2.67. The van der Waals surface area contributed by atoms with Crippen molar-refractivity contribution in [1.82, 2.24) is 5.32 Å². The number of phosphoric ester groups is 1. The quantitative estimate of drug-likeness (QED) is 0.487. The number of halogens is 1. The highest BCUT2D eigenvalue weighted by Gasteiger charge is 2.18. The van der Waals surface area contributed by atoms with Gasteiger partial charge in [-0.3, -0.25) is 9.32 Å². The van der Waals surface area contributed by atoms with E-state index in [1.165, 1.54) is 5.32 Å². The highest BCUT2D eigenvalue weighted by atomic mass is 79.9. The molecule has 8 heteroatoms. The first-order chi connectivity index (χ1) is 8.16. The zero-order valence-electron chi connectivity index (χ0n) is 12.2. The Morgan fingerprint density at radius 2 is 2.62 bits per heavy atom. The molecular weight excluding hydrogens is 265 g/mol. The zero-order chi connectivity index (χ0) is 15.7. The van der Waals surface area contributed by atoms with Gasteiger partial charge in [-0.25, -0.2) is 4.57 Å². The number of alkyl halides is 1. The van der Waals surface area contributed by atoms with E-state index < -0.39 is 38.5 Å². The maximum Gasteiger partial charge on any atom is 0.469 e. The Morgan fingerprint density at radius 1 is 2.00 bits per heavy atom. The molecule has 0 bridgehead atoms. The van der Waals surface area contributed by atoms with Crippen LogP contribution in [0.1, 0.15) is 15.1 Å². The lowest BCUT2D eigenvalue weighted by atomic mass is 10.4. The number of nitrogens with one attached hydrogen (secondary N) is 1. The minimum Gasteiger partial charge on any atom is -0.353 e. The van der Waals surface area contributed by atoms with Crippen LogP contribution >= 0.6 is 23.8 Å². The first-order valence-electron chi connectivity index (χ1n) is 5.79. The van der Waals surface area contributed by atoms with Crippen molar-refractivity contribution < 1.29 is 31.9 Å². The van der Waals surface area contributed by atoms with Crippen LogP contribution in [0.5, 0.6) is 0 Å². The Balaban J connectivity index is 5.60. The van der Waals surface area contributed by atoms with Gasteiger partial charge in [0.05, 0.1) is 15.5 Å². The van der Waals surface area contributed by atoms with Crippen molar-refractivity contribution in [3.05, 3.63) is 0 Å². The van der Waals surface area contributed by atoms with E-state index in [1.54, 1.807) is 0 Å². The Morgan fingerprint density at radius 3 is 3.00 bits per heavy atom. The number of carbonyl (C=O) groups is 1. The van der Waals surface area contributed by atoms with E-state index in [0.29, 0.717) is 0 Å². The molecule has 0 aromatic carbocycles. The number of hydrogen-bond acceptors (Lipinski definition) is 3. The van der Waals surface area contributed by atoms with Gasteiger partial charge in [0.2, 0.25) is 5.91 Å². The Hall–Kier alpha value is 0.0600. The summed E-state index contributed by atoms with van der Waals surface area (Å²) in [5.41, 5.74) is 0. The highest BCUT2D eigenvalue weighted by Crippen LogP contribution is 2.37. The Labute approximate surface area is 92.5 Å². The van der Waals surface area contributed by atoms with Crippen molar-refractivity contribution in [3.63, 3.8) is 0 Å². The summed E-state index contributed by atoms with van der Waals surface area (Å²) in [5, 5.41) is 1.10. The van der Waals surface area contributed by atoms with Gasteiger partial charge in [-0.1, -0.05) is 15.9 Å². The lowest BCUT2D eigenvalue weighted by molar-refractivity contribution is -0.118. The maximum atomic E-state index is 11.1. The molecule has 6 nitrogen and oxygen atoms in total. The van der Waals surface area contributed by atoms with Crippen LogP contribution in [0.25, 0.3) is 0 Å². The van der Waals surface area contributed by atoms with Gasteiger partial charge in [0.15, 0.2) is 0 Å². The van der Waals surface area contributed by atoms with Gasteiger partial charge in [-0.15, -0.1) is 0 Å². The van der Waals surface area contributed by atoms with Crippen molar-refractivity contribution in [2.24, 2.45) is 0 Å². The van der Waals surface area contributed by atoms with Gasteiger partial charge in [-0.2, -0.15) is 0 Å². The molecule has 0 aliphatic heterocycles. The third kappa shape index (κ3) is 8.39. The average molecular weight is 282 g/mol. The molecule has 0 rings (SSSR count). The normalized spacial score (nSPS) is 25.2. The summed E-state index contributed by atoms with van der Waals surface area (Å²) in [7, 11) is -5.48. The van der Waals surface area contributed by atoms with Gasteiger partial charge in [0.1, 0.15) is 0 Å². The third-order valence-corrected chi connectivity index (χ3v) is 1.58. The predicted octanol–water partition coefficient (Wildman–Crippen LogP) is -0.00470. The molecule has 13 heavy (non-hydrogen) atoms. The van der Waals surface area contributed by atoms with E-state index in [9.17, 15) is 9.36 Å². The first kappa shape index (κ1) is 5.82. The SMILES string of the molecule is [2H]C([2H])([2H])C([2H])(OP(=O)(O)O)C([2H])([2H])NC(=O)CBr. The van der Waals surface area contributed by atoms with Crippen LogP contribution in [0.2, 0.25) is 0 Å². The number of amides is 1. The minimum atomic E-state index is -5.48. The van der Waals surface area contributed by atoms with E-state index in [0.717, 1.165) is 0 Å². The third-order valence-electron chi connectivity index (χ3n) is 0.647. The summed E-state index contributed by atoms with van der Waals surface area (Å²) in [6.07, 6.45) is -3.68. The molecule has 78 valence electrons. The average Bonchev–Trinajstić information content (AvgIpc) is 2.12. The lowest BCUT2D eigenvalue weighted by Gasteiger charge is -2.13. The van der Waals surface area contributed by atoms with E-state index in [-0.39, 0.29) is 0 Å². The predicted molar refractivity (Wildman–Crippen MR) is 49.4 cm³/mol. The highest BCUT2D eigenvalue weighted by molar-refractivity contribution is 9.09. The van der Waals surface area contributed by atoms with Crippen molar-refractivity contribution in [2.75, 3.05) is 11.8 Å². The molecule has 0 saturated heterocycles. The molecule has 0 heterocycles. The van der Waals surface area contributed by atoms with Gasteiger partial charge < -0.3 is 15.1 Å². The van der Waals surface area contributed by atoms with Crippen LogP contribution < -0.4 is 5.32 Å². The van der Waals surface area contributed by atoms with E-state index in [4.69, 9.17) is 18.0 Å². The summed E-state index contributed by atoms with van der Waals surface area (Å²) in [6.45, 7) is -6.94. The van der Waals surface area contributed by atoms with Gasteiger partial charge in [-0.05, 0) is 6.85 Å². The van der Waals surface area contributed by atoms with Crippen LogP contribution in [-0.2, 0) is 13.9 Å². The topological polar surface area (TPSA) is 95.9 Å². The molecule has 1 atom stereocenters. The minimum absolute atomic E-state index is 0.403. The molecule has 3 N–H and O–H groups in total. The van der Waals surface area contributed by atoms with Crippen LogP contribution in [-0.4, -0.2) is 33.6 Å². The van der Waals surface area contributed by atoms with Gasteiger partial charge >= 0.3 is 7.82 Å². The molecular formula is C5H11BrNO5P. The van der Waals surface area contributed by atoms with Crippen LogP contribution in [0.15, 0.2) is 0 Å². The van der Waals surface area contributed by atoms with Gasteiger partial charge in [0.25, 0.3) is 0 Å². The molecule has 0 radical (unpaired) electrons. The molecule has 1 amide bonds. The zero-order valence-corrected chi connectivity index (χ0v) is 8.63. The fourth-order valence-corrected chi connectivity index (χ4v) is 0.725. The summed E-state index contributed by atoms with van der Waals surface area (Å²) < 4.78 is 57.6. The Kier molecular flexibility index (Phi) is 2.56. The molecule has 0 spiro atoms. The smallest absolute Gasteiger partial charge is 0.353 e. The molecule has 0 aliphatic rings. The second-order valence-corrected chi connectivity index (χ2v) is 3.44. The lowest BCUT2D eigenvalue weighted by Crippen LogP contribution is -2.32. The first-order valence-corrected chi connectivity index (χ1v) is 5.45. The Bertz CT molecular complexity index is 398. The van der Waals surface area contributed by atoms with Crippen molar-refractivity contribution >= 4 is 29.7 Å². The number of carbonyl (C=O) groups excluding carboxylic acids is 1. The van der Waals surface area contributed by atoms with Gasteiger partial charge in [0, 0.05) is 10.6 Å². The standard InChI is InChI=1S/C5H11BrNO5P/c1-4(12-13(9,10)11)3-7-5(8)2-6/h4H,2-3H2,1H3,(H,7,8)(H2,9,10,11)/i1D3,3D2,4D. The largest absolute Gasteiger partial charge is 0.469 e. The second kappa shape index (κ2) is 5.72. The van der Waals surface area contributed by atoms with E-state index in [2.05, 4.69) is 20.5 Å². The summed E-state index contributed by atoms with van der Waals surface area (Å²) in [4.78, 5) is 28.3. The van der Waals surface area contributed by atoms with E-state index >= 15 is 0 Å². The second-order valence-electron chi connectivity index (χ2n) is 1.72. The van der Waals surface area contributed by atoms with Crippen LogP contribution in [0, 0.1) is 0 Å². The fraction of sp³-hybridized carbons (Fsp3) is 0.800. The number of rotatable bonds is 5. The van der Waals surface area contributed by atoms with Crippen LogP contribution in [0.4, 0.5) is 0 Å². The number of hydrogen-bond donors (Lipinski definition) is 3. The van der Waals surface area contributed by atoms with Crippen molar-refractivity contribution in [2.45, 2.75) is 12.9 Å². The maximum absolute atomic E-state index is 11.1. The molecule has 0 fully saturated rings. The van der Waals surface area contributed by atoms with E-state index in [1.807, 2.05) is 0 Å². The molecule has 1 unspecified atom stereocenters. The molecule has 0 saturated carbocycles. The summed E-state index contributed by atoms with van der Waals surface area (Å²) in [6, 6.07) is 0. The van der Waals surface area contributed by atoms with Crippen molar-refractivity contribution in [3.8, 4) is 0 Å². The summed E-state index contributed by atoms with van der Waals surface area (Å²) in [5.74, 6) is -1.03. The fourth-order valence-electron chi connectivity index (χ4n) is 0.302. The van der Waals surface area contributed by atoms with Crippen LogP contribution in [0.3, 0.4) is 0 Å². The molecule has 0 aromatic rings.